The number of rotatable bonds is 26. The van der Waals surface area contributed by atoms with Crippen LogP contribution in [0, 0.1) is 0 Å². The fourth-order valence-electron chi connectivity index (χ4n) is 5.36. The Morgan fingerprint density at radius 3 is 1.31 bits per heavy atom. The first kappa shape index (κ1) is 38.5. The van der Waals surface area contributed by atoms with Gasteiger partial charge in [0.15, 0.2) is 0 Å². The van der Waals surface area contributed by atoms with E-state index < -0.39 is 0 Å². The molecule has 0 aliphatic carbocycles. The standard InChI is InChI=1S/C42H58N2O4/c1-4-5-6-7-8-9-10-11-12-13-14-17-32-46-40-28-22-37(23-29-40)36-20-24-38(25-21-36)43-44-39-26-30-41(31-27-39)47-33-18-15-16-19-34-48-42(45)35(2)3/h20-31H,2,4-19,32-34H2,1,3H3. The van der Waals surface area contributed by atoms with Gasteiger partial charge in [0, 0.05) is 5.57 Å². The van der Waals surface area contributed by atoms with Gasteiger partial charge in [0.05, 0.1) is 31.2 Å². The molecule has 6 heteroatoms. The molecule has 0 radical (unpaired) electrons. The van der Waals surface area contributed by atoms with Crippen molar-refractivity contribution in [2.45, 2.75) is 117 Å². The van der Waals surface area contributed by atoms with Crippen molar-refractivity contribution in [2.75, 3.05) is 19.8 Å². The maximum absolute atomic E-state index is 11.4. The molecule has 0 spiro atoms. The van der Waals surface area contributed by atoms with E-state index in [0.29, 0.717) is 18.8 Å². The first-order valence-electron chi connectivity index (χ1n) is 18.4. The minimum Gasteiger partial charge on any atom is -0.494 e. The van der Waals surface area contributed by atoms with E-state index in [0.717, 1.165) is 72.7 Å². The van der Waals surface area contributed by atoms with E-state index in [4.69, 9.17) is 14.2 Å². The summed E-state index contributed by atoms with van der Waals surface area (Å²) < 4.78 is 16.9. The van der Waals surface area contributed by atoms with Crippen molar-refractivity contribution in [1.29, 1.82) is 0 Å². The molecule has 0 saturated carbocycles. The number of nitrogens with zero attached hydrogens (tertiary/aromatic N) is 2. The Hall–Kier alpha value is -3.93. The van der Waals surface area contributed by atoms with Crippen LogP contribution < -0.4 is 9.47 Å². The Bertz CT molecular complexity index is 1320. The summed E-state index contributed by atoms with van der Waals surface area (Å²) in [5.74, 6) is 1.43. The van der Waals surface area contributed by atoms with Crippen molar-refractivity contribution in [3.8, 4) is 22.6 Å². The molecule has 0 atom stereocenters. The lowest BCUT2D eigenvalue weighted by Gasteiger charge is -2.08. The number of esters is 1. The molecule has 48 heavy (non-hydrogen) atoms. The van der Waals surface area contributed by atoms with Gasteiger partial charge in [-0.1, -0.05) is 108 Å². The van der Waals surface area contributed by atoms with Gasteiger partial charge in [0.1, 0.15) is 11.5 Å². The maximum atomic E-state index is 11.4. The van der Waals surface area contributed by atoms with E-state index in [2.05, 4.69) is 60.1 Å². The summed E-state index contributed by atoms with van der Waals surface area (Å²) >= 11 is 0. The molecule has 3 aromatic rings. The maximum Gasteiger partial charge on any atom is 0.333 e. The highest BCUT2D eigenvalue weighted by Crippen LogP contribution is 2.27. The fraction of sp³-hybridized carbons (Fsp3) is 0.500. The van der Waals surface area contributed by atoms with Gasteiger partial charge in [-0.25, -0.2) is 4.79 Å². The number of hydrogen-bond donors (Lipinski definition) is 0. The summed E-state index contributed by atoms with van der Waals surface area (Å²) in [6, 6.07) is 24.1. The number of carbonyl (C=O) groups is 1. The number of carbonyl (C=O) groups excluding carboxylic acids is 1. The Morgan fingerprint density at radius 1 is 0.521 bits per heavy atom. The molecule has 0 saturated heterocycles. The van der Waals surface area contributed by atoms with Gasteiger partial charge in [0.25, 0.3) is 0 Å². The molecule has 0 aromatic heterocycles. The summed E-state index contributed by atoms with van der Waals surface area (Å²) in [5, 5.41) is 8.78. The van der Waals surface area contributed by atoms with E-state index in [-0.39, 0.29) is 5.97 Å². The van der Waals surface area contributed by atoms with E-state index in [9.17, 15) is 4.79 Å². The number of unbranched alkanes of at least 4 members (excludes halogenated alkanes) is 14. The van der Waals surface area contributed by atoms with Crippen molar-refractivity contribution in [3.05, 3.63) is 84.9 Å². The Balaban J connectivity index is 1.26. The van der Waals surface area contributed by atoms with Gasteiger partial charge < -0.3 is 14.2 Å². The molecule has 6 nitrogen and oxygen atoms in total. The van der Waals surface area contributed by atoms with E-state index in [1.807, 2.05) is 36.4 Å². The van der Waals surface area contributed by atoms with Crippen LogP contribution in [0.3, 0.4) is 0 Å². The van der Waals surface area contributed by atoms with E-state index >= 15 is 0 Å². The van der Waals surface area contributed by atoms with Crippen LogP contribution in [-0.4, -0.2) is 25.8 Å². The molecule has 3 rings (SSSR count). The van der Waals surface area contributed by atoms with Gasteiger partial charge in [-0.15, -0.1) is 0 Å². The molecule has 0 heterocycles. The van der Waals surface area contributed by atoms with Crippen LogP contribution in [0.1, 0.15) is 117 Å². The number of ether oxygens (including phenoxy) is 3. The summed E-state index contributed by atoms with van der Waals surface area (Å²) in [4.78, 5) is 11.4. The zero-order valence-corrected chi connectivity index (χ0v) is 29.6. The topological polar surface area (TPSA) is 69.5 Å². The summed E-state index contributed by atoms with van der Waals surface area (Å²) in [6.45, 7) is 9.39. The molecule has 0 N–H and O–H groups in total. The van der Waals surface area contributed by atoms with Crippen LogP contribution >= 0.6 is 0 Å². The quantitative estimate of drug-likeness (QED) is 0.0374. The molecular formula is C42H58N2O4. The number of hydrogen-bond acceptors (Lipinski definition) is 6. The largest absolute Gasteiger partial charge is 0.494 e. The molecule has 260 valence electrons. The molecule has 3 aromatic carbocycles. The predicted octanol–water partition coefficient (Wildman–Crippen LogP) is 12.9. The second-order valence-corrected chi connectivity index (χ2v) is 12.7. The molecular weight excluding hydrogens is 596 g/mol. The van der Waals surface area contributed by atoms with Gasteiger partial charge in [0.2, 0.25) is 0 Å². The minimum atomic E-state index is -0.318. The minimum absolute atomic E-state index is 0.318. The molecule has 0 unspecified atom stereocenters. The van der Waals surface area contributed by atoms with Crippen LogP contribution in [0.2, 0.25) is 0 Å². The van der Waals surface area contributed by atoms with E-state index in [1.54, 1.807) is 6.92 Å². The number of azo groups is 1. The fourth-order valence-corrected chi connectivity index (χ4v) is 5.36. The zero-order chi connectivity index (χ0) is 34.1. The third-order valence-corrected chi connectivity index (χ3v) is 8.33. The first-order chi connectivity index (χ1) is 23.5. The van der Waals surface area contributed by atoms with Gasteiger partial charge in [-0.2, -0.15) is 10.2 Å². The summed E-state index contributed by atoms with van der Waals surface area (Å²) in [7, 11) is 0. The van der Waals surface area contributed by atoms with Crippen LogP contribution in [0.25, 0.3) is 11.1 Å². The average Bonchev–Trinajstić information content (AvgIpc) is 3.11. The molecule has 0 amide bonds. The van der Waals surface area contributed by atoms with Crippen molar-refractivity contribution < 1.29 is 19.0 Å². The predicted molar refractivity (Wildman–Crippen MR) is 199 cm³/mol. The van der Waals surface area contributed by atoms with Crippen LogP contribution in [0.4, 0.5) is 11.4 Å². The van der Waals surface area contributed by atoms with Gasteiger partial charge in [-0.05, 0) is 98.7 Å². The molecule has 0 fully saturated rings. The highest BCUT2D eigenvalue weighted by Gasteiger charge is 2.03. The van der Waals surface area contributed by atoms with Gasteiger partial charge in [-0.3, -0.25) is 0 Å². The Morgan fingerprint density at radius 2 is 0.875 bits per heavy atom. The lowest BCUT2D eigenvalue weighted by atomic mass is 10.1. The second kappa shape index (κ2) is 24.2. The van der Waals surface area contributed by atoms with E-state index in [1.165, 1.54) is 70.6 Å². The van der Waals surface area contributed by atoms with Crippen molar-refractivity contribution in [3.63, 3.8) is 0 Å². The third-order valence-electron chi connectivity index (χ3n) is 8.33. The Kier molecular flexibility index (Phi) is 19.5. The van der Waals surface area contributed by atoms with Crippen LogP contribution in [0.15, 0.2) is 95.2 Å². The lowest BCUT2D eigenvalue weighted by Crippen LogP contribution is -2.06. The first-order valence-corrected chi connectivity index (χ1v) is 18.4. The van der Waals surface area contributed by atoms with Crippen molar-refractivity contribution >= 4 is 17.3 Å². The molecule has 0 aliphatic rings. The summed E-state index contributed by atoms with van der Waals surface area (Å²) in [6.07, 6.45) is 20.0. The van der Waals surface area contributed by atoms with Crippen molar-refractivity contribution in [2.24, 2.45) is 10.2 Å². The number of benzene rings is 3. The third kappa shape index (κ3) is 16.8. The normalized spacial score (nSPS) is 11.1. The summed E-state index contributed by atoms with van der Waals surface area (Å²) in [5.41, 5.74) is 4.30. The van der Waals surface area contributed by atoms with Crippen molar-refractivity contribution in [1.82, 2.24) is 0 Å². The SMILES string of the molecule is C=C(C)C(=O)OCCCCCCOc1ccc(N=Nc2ccc(-c3ccc(OCCCCCCCCCCCCCC)cc3)cc2)cc1. The zero-order valence-electron chi connectivity index (χ0n) is 29.6. The van der Waals surface area contributed by atoms with Crippen LogP contribution in [0.5, 0.6) is 11.5 Å². The highest BCUT2D eigenvalue weighted by molar-refractivity contribution is 5.86. The van der Waals surface area contributed by atoms with Crippen LogP contribution in [-0.2, 0) is 9.53 Å². The highest BCUT2D eigenvalue weighted by atomic mass is 16.5. The van der Waals surface area contributed by atoms with Gasteiger partial charge >= 0.3 is 5.97 Å². The lowest BCUT2D eigenvalue weighted by molar-refractivity contribution is -0.139. The second-order valence-electron chi connectivity index (χ2n) is 12.7. The molecule has 0 aliphatic heterocycles. The average molecular weight is 655 g/mol. The smallest absolute Gasteiger partial charge is 0.333 e. The monoisotopic (exact) mass is 654 g/mol. The Labute approximate surface area is 290 Å². The molecule has 0 bridgehead atoms.